The maximum atomic E-state index is 13.2. The predicted octanol–water partition coefficient (Wildman–Crippen LogP) is 2.78. The second kappa shape index (κ2) is 7.77. The summed E-state index contributed by atoms with van der Waals surface area (Å²) in [4.78, 5) is 45.1. The number of amides is 3. The monoisotopic (exact) mass is 485 g/mol. The fraction of sp³-hybridized carbons (Fsp3) is 0.269. The Morgan fingerprint density at radius 1 is 1.14 bits per heavy atom. The zero-order valence-electron chi connectivity index (χ0n) is 20.0. The van der Waals surface area contributed by atoms with Crippen LogP contribution in [0.15, 0.2) is 40.8 Å². The number of nitrogens with one attached hydrogen (secondary N) is 2. The molecule has 0 aliphatic carbocycles. The molecule has 10 nitrogen and oxygen atoms in total. The fourth-order valence-electron chi connectivity index (χ4n) is 5.20. The molecule has 3 amide bonds. The summed E-state index contributed by atoms with van der Waals surface area (Å²) < 4.78 is 11.4. The molecule has 6 rings (SSSR count). The molecule has 0 saturated carbocycles. The van der Waals surface area contributed by atoms with Crippen molar-refractivity contribution in [2.24, 2.45) is 0 Å². The highest BCUT2D eigenvalue weighted by atomic mass is 16.5. The minimum absolute atomic E-state index is 0.00692. The number of aryl methyl sites for hydroxylation is 2. The number of carbonyl (C=O) groups is 3. The minimum atomic E-state index is -1.36. The highest BCUT2D eigenvalue weighted by molar-refractivity contribution is 6.10. The number of pyridine rings is 1. The lowest BCUT2D eigenvalue weighted by Gasteiger charge is -2.28. The van der Waals surface area contributed by atoms with Gasteiger partial charge in [0, 0.05) is 36.0 Å². The molecule has 0 spiro atoms. The molecule has 4 aromatic rings. The summed E-state index contributed by atoms with van der Waals surface area (Å²) in [6.07, 6.45) is -0.123. The Hall–Kier alpha value is -4.47. The quantitative estimate of drug-likeness (QED) is 0.416. The van der Waals surface area contributed by atoms with Gasteiger partial charge < -0.3 is 14.1 Å². The van der Waals surface area contributed by atoms with Gasteiger partial charge in [-0.05, 0) is 43.7 Å². The van der Waals surface area contributed by atoms with Gasteiger partial charge in [-0.2, -0.15) is 5.10 Å². The van der Waals surface area contributed by atoms with Crippen LogP contribution in [0.3, 0.4) is 0 Å². The number of aromatic amines is 1. The third kappa shape index (κ3) is 3.21. The number of hydrogen-bond donors (Lipinski definition) is 2. The van der Waals surface area contributed by atoms with Crippen LogP contribution in [0, 0.1) is 13.8 Å². The van der Waals surface area contributed by atoms with Gasteiger partial charge in [0.2, 0.25) is 11.8 Å². The molecule has 1 atom stereocenters. The normalized spacial score (nSPS) is 19.3. The number of H-pyrrole nitrogens is 1. The van der Waals surface area contributed by atoms with Crippen LogP contribution < -0.4 is 10.1 Å². The Balaban J connectivity index is 1.40. The molecular weight excluding hydrogens is 462 g/mol. The van der Waals surface area contributed by atoms with Crippen molar-refractivity contribution in [3.8, 4) is 17.0 Å². The van der Waals surface area contributed by atoms with Gasteiger partial charge in [-0.25, -0.2) is 4.98 Å². The molecule has 1 aromatic carbocycles. The lowest BCUT2D eigenvalue weighted by Crippen LogP contribution is -2.46. The standard InChI is InChI=1S/C26H23N5O5/c1-13-23(14(2)30-29-13)18-6-7-20-19(27-18)9-21(36-20)26(10-22(32)28-25(26)34)12-31-11-15-4-5-16(35-3)8-17(15)24(31)33/h4-9H,10-12H2,1-3H3,(H,29,30)(H,28,32,34)/t26-/m1/s1. The van der Waals surface area contributed by atoms with E-state index >= 15 is 0 Å². The number of furan rings is 1. The summed E-state index contributed by atoms with van der Waals surface area (Å²) in [6.45, 7) is 4.14. The van der Waals surface area contributed by atoms with Gasteiger partial charge in [0.15, 0.2) is 5.58 Å². The Kier molecular flexibility index (Phi) is 4.75. The first-order chi connectivity index (χ1) is 17.3. The fourth-order valence-corrected chi connectivity index (χ4v) is 5.20. The summed E-state index contributed by atoms with van der Waals surface area (Å²) >= 11 is 0. The summed E-state index contributed by atoms with van der Waals surface area (Å²) in [7, 11) is 1.54. The third-order valence-corrected chi connectivity index (χ3v) is 7.04. The van der Waals surface area contributed by atoms with E-state index in [0.717, 1.165) is 28.2 Å². The van der Waals surface area contributed by atoms with Crippen LogP contribution in [0.5, 0.6) is 5.75 Å². The maximum Gasteiger partial charge on any atom is 0.254 e. The third-order valence-electron chi connectivity index (χ3n) is 7.04. The Morgan fingerprint density at radius 2 is 1.97 bits per heavy atom. The molecule has 0 unspecified atom stereocenters. The number of imide groups is 1. The minimum Gasteiger partial charge on any atom is -0.497 e. The lowest BCUT2D eigenvalue weighted by molar-refractivity contribution is -0.127. The van der Waals surface area contributed by atoms with Crippen molar-refractivity contribution < 1.29 is 23.5 Å². The van der Waals surface area contributed by atoms with Crippen molar-refractivity contribution in [1.29, 1.82) is 0 Å². The van der Waals surface area contributed by atoms with E-state index in [9.17, 15) is 14.4 Å². The van der Waals surface area contributed by atoms with E-state index in [1.807, 2.05) is 26.0 Å². The number of methoxy groups -OCH3 is 1. The highest BCUT2D eigenvalue weighted by Crippen LogP contribution is 2.39. The smallest absolute Gasteiger partial charge is 0.254 e. The highest BCUT2D eigenvalue weighted by Gasteiger charge is 2.53. The second-order valence-electron chi connectivity index (χ2n) is 9.32. The Labute approximate surface area is 205 Å². The van der Waals surface area contributed by atoms with Crippen LogP contribution >= 0.6 is 0 Å². The van der Waals surface area contributed by atoms with Crippen LogP contribution in [-0.4, -0.2) is 51.5 Å². The lowest BCUT2D eigenvalue weighted by atomic mass is 9.82. The van der Waals surface area contributed by atoms with Gasteiger partial charge in [0.05, 0.1) is 24.9 Å². The van der Waals surface area contributed by atoms with Crippen molar-refractivity contribution in [2.75, 3.05) is 13.7 Å². The molecule has 0 bridgehead atoms. The summed E-state index contributed by atoms with van der Waals surface area (Å²) in [5.41, 5.74) is 4.38. The number of rotatable bonds is 5. The molecule has 2 aliphatic heterocycles. The maximum absolute atomic E-state index is 13.2. The van der Waals surface area contributed by atoms with E-state index in [4.69, 9.17) is 14.1 Å². The van der Waals surface area contributed by atoms with Crippen LogP contribution in [-0.2, 0) is 21.5 Å². The molecule has 1 fully saturated rings. The molecule has 2 aliphatic rings. The van der Waals surface area contributed by atoms with Gasteiger partial charge in [-0.1, -0.05) is 6.07 Å². The van der Waals surface area contributed by atoms with E-state index in [0.29, 0.717) is 34.7 Å². The first-order valence-corrected chi connectivity index (χ1v) is 11.5. The summed E-state index contributed by atoms with van der Waals surface area (Å²) in [6, 6.07) is 10.6. The number of ether oxygens (including phenoxy) is 1. The van der Waals surface area contributed by atoms with Crippen molar-refractivity contribution in [2.45, 2.75) is 32.2 Å². The SMILES string of the molecule is COc1ccc2c(c1)C(=O)N(C[C@@]1(c3cc4nc(-c5c(C)n[nH]c5C)ccc4o3)CC(=O)NC1=O)C2. The van der Waals surface area contributed by atoms with E-state index in [1.54, 1.807) is 36.3 Å². The van der Waals surface area contributed by atoms with E-state index in [2.05, 4.69) is 15.5 Å². The number of aromatic nitrogens is 3. The summed E-state index contributed by atoms with van der Waals surface area (Å²) in [5.74, 6) is -0.251. The zero-order chi connectivity index (χ0) is 25.2. The van der Waals surface area contributed by atoms with Crippen molar-refractivity contribution in [3.05, 3.63) is 64.7 Å². The Bertz CT molecular complexity index is 1570. The number of benzene rings is 1. The number of nitrogens with zero attached hydrogens (tertiary/aromatic N) is 3. The van der Waals surface area contributed by atoms with Gasteiger partial charge in [0.25, 0.3) is 5.91 Å². The topological polar surface area (TPSA) is 130 Å². The van der Waals surface area contributed by atoms with Gasteiger partial charge in [-0.15, -0.1) is 0 Å². The molecule has 36 heavy (non-hydrogen) atoms. The van der Waals surface area contributed by atoms with Crippen LogP contribution in [0.1, 0.15) is 39.5 Å². The average molecular weight is 486 g/mol. The van der Waals surface area contributed by atoms with Crippen LogP contribution in [0.4, 0.5) is 0 Å². The summed E-state index contributed by atoms with van der Waals surface area (Å²) in [5, 5.41) is 9.60. The molecular formula is C26H23N5O5. The van der Waals surface area contributed by atoms with E-state index in [1.165, 1.54) is 0 Å². The molecule has 3 aromatic heterocycles. The number of hydrogen-bond acceptors (Lipinski definition) is 7. The Morgan fingerprint density at radius 3 is 2.67 bits per heavy atom. The first kappa shape index (κ1) is 22.0. The number of fused-ring (bicyclic) bond motifs is 2. The van der Waals surface area contributed by atoms with Gasteiger partial charge in [0.1, 0.15) is 22.4 Å². The zero-order valence-corrected chi connectivity index (χ0v) is 20.0. The molecule has 2 N–H and O–H groups in total. The second-order valence-corrected chi connectivity index (χ2v) is 9.32. The van der Waals surface area contributed by atoms with Gasteiger partial charge >= 0.3 is 0 Å². The van der Waals surface area contributed by atoms with Crippen molar-refractivity contribution in [1.82, 2.24) is 25.4 Å². The van der Waals surface area contributed by atoms with Crippen molar-refractivity contribution in [3.63, 3.8) is 0 Å². The van der Waals surface area contributed by atoms with Crippen molar-refractivity contribution >= 4 is 28.8 Å². The van der Waals surface area contributed by atoms with Crippen LogP contribution in [0.2, 0.25) is 0 Å². The predicted molar refractivity (Wildman–Crippen MR) is 128 cm³/mol. The van der Waals surface area contributed by atoms with Crippen LogP contribution in [0.25, 0.3) is 22.4 Å². The van der Waals surface area contributed by atoms with Gasteiger partial charge in [-0.3, -0.25) is 24.8 Å². The molecule has 1 saturated heterocycles. The largest absolute Gasteiger partial charge is 0.497 e. The number of carbonyl (C=O) groups excluding carboxylic acids is 3. The molecule has 182 valence electrons. The van der Waals surface area contributed by atoms with E-state index in [-0.39, 0.29) is 18.9 Å². The molecule has 10 heteroatoms. The average Bonchev–Trinajstić information content (AvgIpc) is 3.59. The molecule has 5 heterocycles. The van der Waals surface area contributed by atoms with E-state index < -0.39 is 17.2 Å². The first-order valence-electron chi connectivity index (χ1n) is 11.5. The molecule has 0 radical (unpaired) electrons.